The first-order chi connectivity index (χ1) is 11.1. The van der Waals surface area contributed by atoms with Crippen molar-refractivity contribution >= 4 is 23.2 Å². The van der Waals surface area contributed by atoms with Gasteiger partial charge in [0.1, 0.15) is 11.5 Å². The predicted molar refractivity (Wildman–Crippen MR) is 92.5 cm³/mol. The van der Waals surface area contributed by atoms with Crippen LogP contribution < -0.4 is 14.8 Å². The van der Waals surface area contributed by atoms with Crippen molar-refractivity contribution in [1.29, 1.82) is 0 Å². The van der Waals surface area contributed by atoms with Crippen LogP contribution in [-0.4, -0.2) is 19.6 Å². The maximum absolute atomic E-state index is 11.9. The minimum atomic E-state index is -0.0466. The number of carbonyl (C=O) groups excluding carboxylic acids is 1. The normalized spacial score (nSPS) is 10.2. The van der Waals surface area contributed by atoms with Crippen molar-refractivity contribution < 1.29 is 14.3 Å². The molecule has 1 amide bonds. The highest BCUT2D eigenvalue weighted by molar-refractivity contribution is 6.30. The van der Waals surface area contributed by atoms with E-state index < -0.39 is 0 Å². The third-order valence-electron chi connectivity index (χ3n) is 3.30. The summed E-state index contributed by atoms with van der Waals surface area (Å²) in [6.45, 7) is 2.42. The Balaban J connectivity index is 1.74. The molecule has 122 valence electrons. The number of halogens is 1. The average molecular weight is 334 g/mol. The minimum absolute atomic E-state index is 0.0466. The minimum Gasteiger partial charge on any atom is -0.497 e. The van der Waals surface area contributed by atoms with E-state index in [9.17, 15) is 4.79 Å². The first-order valence-corrected chi connectivity index (χ1v) is 7.79. The number of hydrogen-bond acceptors (Lipinski definition) is 3. The van der Waals surface area contributed by atoms with Crippen LogP contribution in [0, 0.1) is 6.92 Å². The van der Waals surface area contributed by atoms with Gasteiger partial charge >= 0.3 is 0 Å². The fraction of sp³-hybridized carbons (Fsp3) is 0.278. The Kier molecular flexibility index (Phi) is 6.29. The molecular weight excluding hydrogens is 314 g/mol. The first-order valence-electron chi connectivity index (χ1n) is 7.41. The Morgan fingerprint density at radius 2 is 2.04 bits per heavy atom. The predicted octanol–water partition coefficient (Wildman–Crippen LogP) is 4.45. The molecule has 1 N–H and O–H groups in total. The molecule has 0 saturated heterocycles. The Labute approximate surface area is 141 Å². The molecule has 0 heterocycles. The molecule has 0 spiro atoms. The van der Waals surface area contributed by atoms with E-state index in [0.29, 0.717) is 30.2 Å². The SMILES string of the molecule is COc1cccc(NC(=O)CCCOc2ccc(Cl)cc2C)c1. The zero-order chi connectivity index (χ0) is 16.7. The zero-order valence-corrected chi connectivity index (χ0v) is 14.0. The Morgan fingerprint density at radius 3 is 2.78 bits per heavy atom. The van der Waals surface area contributed by atoms with Gasteiger partial charge in [0.2, 0.25) is 5.91 Å². The summed E-state index contributed by atoms with van der Waals surface area (Å²) in [6.07, 6.45) is 1.03. The second-order valence-corrected chi connectivity index (χ2v) is 5.58. The van der Waals surface area contributed by atoms with E-state index in [1.807, 2.05) is 37.3 Å². The van der Waals surface area contributed by atoms with Crippen molar-refractivity contribution in [3.05, 3.63) is 53.1 Å². The number of rotatable bonds is 7. The fourth-order valence-electron chi connectivity index (χ4n) is 2.11. The summed E-state index contributed by atoms with van der Waals surface area (Å²) in [5.41, 5.74) is 1.71. The van der Waals surface area contributed by atoms with Crippen molar-refractivity contribution in [2.75, 3.05) is 19.0 Å². The largest absolute Gasteiger partial charge is 0.497 e. The van der Waals surface area contributed by atoms with E-state index >= 15 is 0 Å². The molecule has 23 heavy (non-hydrogen) atoms. The Hall–Kier alpha value is -2.20. The monoisotopic (exact) mass is 333 g/mol. The van der Waals surface area contributed by atoms with Crippen LogP contribution in [0.2, 0.25) is 5.02 Å². The number of carbonyl (C=O) groups is 1. The van der Waals surface area contributed by atoms with Gasteiger partial charge in [-0.2, -0.15) is 0 Å². The molecule has 0 radical (unpaired) electrons. The van der Waals surface area contributed by atoms with Crippen LogP contribution in [0.25, 0.3) is 0 Å². The third kappa shape index (κ3) is 5.49. The number of anilines is 1. The summed E-state index contributed by atoms with van der Waals surface area (Å²) in [5.74, 6) is 1.46. The summed E-state index contributed by atoms with van der Waals surface area (Å²) in [4.78, 5) is 11.9. The van der Waals surface area contributed by atoms with E-state index in [1.54, 1.807) is 19.2 Å². The van der Waals surface area contributed by atoms with Crippen LogP contribution >= 0.6 is 11.6 Å². The molecule has 5 heteroatoms. The van der Waals surface area contributed by atoms with Gasteiger partial charge in [-0.05, 0) is 49.2 Å². The average Bonchev–Trinajstić information content (AvgIpc) is 2.53. The van der Waals surface area contributed by atoms with Gasteiger partial charge in [-0.25, -0.2) is 0 Å². The molecule has 0 unspecified atom stereocenters. The van der Waals surface area contributed by atoms with E-state index in [2.05, 4.69) is 5.32 Å². The lowest BCUT2D eigenvalue weighted by Crippen LogP contribution is -2.13. The van der Waals surface area contributed by atoms with Gasteiger partial charge in [0.05, 0.1) is 13.7 Å². The lowest BCUT2D eigenvalue weighted by molar-refractivity contribution is -0.116. The summed E-state index contributed by atoms with van der Waals surface area (Å²) in [5, 5.41) is 3.53. The Morgan fingerprint density at radius 1 is 1.22 bits per heavy atom. The maximum Gasteiger partial charge on any atom is 0.224 e. The Bertz CT molecular complexity index is 673. The van der Waals surface area contributed by atoms with Gasteiger partial charge in [-0.3, -0.25) is 4.79 Å². The van der Waals surface area contributed by atoms with Crippen LogP contribution in [0.5, 0.6) is 11.5 Å². The summed E-state index contributed by atoms with van der Waals surface area (Å²) < 4.78 is 10.8. The van der Waals surface area contributed by atoms with Gasteiger partial charge < -0.3 is 14.8 Å². The van der Waals surface area contributed by atoms with Crippen LogP contribution in [0.15, 0.2) is 42.5 Å². The number of nitrogens with one attached hydrogen (secondary N) is 1. The number of amides is 1. The highest BCUT2D eigenvalue weighted by Crippen LogP contribution is 2.22. The summed E-state index contributed by atoms with van der Waals surface area (Å²) in [6, 6.07) is 12.8. The van der Waals surface area contributed by atoms with Gasteiger partial charge in [0.15, 0.2) is 0 Å². The van der Waals surface area contributed by atoms with Crippen molar-refractivity contribution in [2.45, 2.75) is 19.8 Å². The molecule has 0 fully saturated rings. The molecular formula is C18H20ClNO3. The molecule has 2 rings (SSSR count). The fourth-order valence-corrected chi connectivity index (χ4v) is 2.34. The molecule has 0 aliphatic rings. The number of hydrogen-bond donors (Lipinski definition) is 1. The smallest absolute Gasteiger partial charge is 0.224 e. The highest BCUT2D eigenvalue weighted by Gasteiger charge is 2.05. The lowest BCUT2D eigenvalue weighted by atomic mass is 10.2. The van der Waals surface area contributed by atoms with E-state index in [4.69, 9.17) is 21.1 Å². The quantitative estimate of drug-likeness (QED) is 0.761. The zero-order valence-electron chi connectivity index (χ0n) is 13.3. The molecule has 0 bridgehead atoms. The molecule has 0 aliphatic carbocycles. The van der Waals surface area contributed by atoms with Crippen LogP contribution in [0.3, 0.4) is 0 Å². The maximum atomic E-state index is 11.9. The van der Waals surface area contributed by atoms with Crippen molar-refractivity contribution in [2.24, 2.45) is 0 Å². The molecule has 4 nitrogen and oxygen atoms in total. The standard InChI is InChI=1S/C18H20ClNO3/c1-13-11-14(19)8-9-17(13)23-10-4-7-18(21)20-15-5-3-6-16(12-15)22-2/h3,5-6,8-9,11-12H,4,7,10H2,1-2H3,(H,20,21). The van der Waals surface area contributed by atoms with Gasteiger partial charge in [-0.15, -0.1) is 0 Å². The lowest BCUT2D eigenvalue weighted by Gasteiger charge is -2.10. The second-order valence-electron chi connectivity index (χ2n) is 5.14. The first kappa shape index (κ1) is 17.2. The number of benzene rings is 2. The molecule has 0 aromatic heterocycles. The van der Waals surface area contributed by atoms with E-state index in [-0.39, 0.29) is 5.91 Å². The van der Waals surface area contributed by atoms with Crippen molar-refractivity contribution in [1.82, 2.24) is 0 Å². The van der Waals surface area contributed by atoms with Gasteiger partial charge in [0.25, 0.3) is 0 Å². The number of methoxy groups -OCH3 is 1. The van der Waals surface area contributed by atoms with E-state index in [0.717, 1.165) is 17.0 Å². The van der Waals surface area contributed by atoms with Crippen LogP contribution in [-0.2, 0) is 4.79 Å². The highest BCUT2D eigenvalue weighted by atomic mass is 35.5. The van der Waals surface area contributed by atoms with Crippen molar-refractivity contribution in [3.63, 3.8) is 0 Å². The number of ether oxygens (including phenoxy) is 2. The molecule has 0 aliphatic heterocycles. The summed E-state index contributed by atoms with van der Waals surface area (Å²) >= 11 is 5.90. The van der Waals surface area contributed by atoms with Crippen LogP contribution in [0.4, 0.5) is 5.69 Å². The third-order valence-corrected chi connectivity index (χ3v) is 3.53. The van der Waals surface area contributed by atoms with Gasteiger partial charge in [-0.1, -0.05) is 17.7 Å². The summed E-state index contributed by atoms with van der Waals surface area (Å²) in [7, 11) is 1.59. The molecule has 0 atom stereocenters. The topological polar surface area (TPSA) is 47.6 Å². The molecule has 2 aromatic carbocycles. The second kappa shape index (κ2) is 8.44. The van der Waals surface area contributed by atoms with Crippen LogP contribution in [0.1, 0.15) is 18.4 Å². The van der Waals surface area contributed by atoms with Crippen molar-refractivity contribution in [3.8, 4) is 11.5 Å². The molecule has 0 saturated carbocycles. The van der Waals surface area contributed by atoms with E-state index in [1.165, 1.54) is 0 Å². The molecule has 2 aromatic rings. The number of aryl methyl sites for hydroxylation is 1. The van der Waals surface area contributed by atoms with Gasteiger partial charge in [0, 0.05) is 23.2 Å².